The highest BCUT2D eigenvalue weighted by Gasteiger charge is 2.25. The molecule has 0 unspecified atom stereocenters. The summed E-state index contributed by atoms with van der Waals surface area (Å²) in [6.07, 6.45) is 1.33. The van der Waals surface area contributed by atoms with Crippen LogP contribution in [0.3, 0.4) is 0 Å². The molecule has 0 bridgehead atoms. The van der Waals surface area contributed by atoms with Crippen molar-refractivity contribution < 1.29 is 42.5 Å². The number of rotatable bonds is 11. The molecule has 0 atom stereocenters. The summed E-state index contributed by atoms with van der Waals surface area (Å²) in [5.74, 6) is -2.36. The Morgan fingerprint density at radius 2 is 1.61 bits per heavy atom. The van der Waals surface area contributed by atoms with Crippen molar-refractivity contribution in [3.63, 3.8) is 0 Å². The van der Waals surface area contributed by atoms with Gasteiger partial charge < -0.3 is 34.0 Å². The van der Waals surface area contributed by atoms with E-state index in [1.807, 2.05) is 30.3 Å². The maximum atomic E-state index is 13.1. The molecule has 0 fully saturated rings. The molecule has 11 nitrogen and oxygen atoms in total. The molecule has 41 heavy (non-hydrogen) atoms. The predicted octanol–water partition coefficient (Wildman–Crippen LogP) is 5.25. The van der Waals surface area contributed by atoms with Crippen LogP contribution in [0.5, 0.6) is 11.5 Å². The second kappa shape index (κ2) is 13.3. The second-order valence-electron chi connectivity index (χ2n) is 8.25. The van der Waals surface area contributed by atoms with Gasteiger partial charge in [-0.3, -0.25) is 9.59 Å². The van der Waals surface area contributed by atoms with Gasteiger partial charge in [-0.25, -0.2) is 9.59 Å². The van der Waals surface area contributed by atoms with Crippen molar-refractivity contribution in [3.8, 4) is 22.6 Å². The Labute approximate surface area is 239 Å². The maximum absolute atomic E-state index is 13.1. The molecular formula is C29H26N2O9S. The lowest BCUT2D eigenvalue weighted by atomic mass is 10.0. The highest BCUT2D eigenvalue weighted by molar-refractivity contribution is 7.15. The number of ether oxygens (including phenoxy) is 4. The third-order valence-electron chi connectivity index (χ3n) is 5.68. The van der Waals surface area contributed by atoms with Crippen LogP contribution in [-0.4, -0.2) is 51.2 Å². The van der Waals surface area contributed by atoms with Crippen molar-refractivity contribution in [2.24, 2.45) is 0 Å². The molecule has 2 aromatic carbocycles. The Hall–Kier alpha value is -5.10. The molecule has 2 aromatic heterocycles. The summed E-state index contributed by atoms with van der Waals surface area (Å²) in [5.41, 5.74) is 1.53. The van der Waals surface area contributed by atoms with E-state index in [4.69, 9.17) is 23.4 Å². The Balaban J connectivity index is 1.52. The van der Waals surface area contributed by atoms with E-state index < -0.39 is 30.4 Å². The third-order valence-corrected chi connectivity index (χ3v) is 6.57. The SMILES string of the molecule is CCOC(=O)c1c(-c2ccccc2)csc1NC(=O)COC(=O)c1cc(OC)c(OC)cc1NC(=O)c1ccco1. The zero-order valence-electron chi connectivity index (χ0n) is 22.3. The first kappa shape index (κ1) is 28.9. The van der Waals surface area contributed by atoms with E-state index in [0.29, 0.717) is 5.56 Å². The fourth-order valence-corrected chi connectivity index (χ4v) is 4.77. The molecule has 2 heterocycles. The van der Waals surface area contributed by atoms with Crippen molar-refractivity contribution in [2.75, 3.05) is 38.1 Å². The van der Waals surface area contributed by atoms with Gasteiger partial charge in [-0.1, -0.05) is 30.3 Å². The number of thiophene rings is 1. The molecule has 0 aliphatic rings. The van der Waals surface area contributed by atoms with Gasteiger partial charge in [0.05, 0.1) is 38.3 Å². The van der Waals surface area contributed by atoms with E-state index in [-0.39, 0.29) is 45.7 Å². The van der Waals surface area contributed by atoms with E-state index in [1.165, 1.54) is 38.7 Å². The number of carbonyl (C=O) groups is 4. The van der Waals surface area contributed by atoms with E-state index in [0.717, 1.165) is 16.9 Å². The summed E-state index contributed by atoms with van der Waals surface area (Å²) in [7, 11) is 2.78. The Kier molecular flexibility index (Phi) is 9.38. The molecule has 4 rings (SSSR count). The predicted molar refractivity (Wildman–Crippen MR) is 151 cm³/mol. The molecule has 12 heteroatoms. The Morgan fingerprint density at radius 3 is 2.27 bits per heavy atom. The van der Waals surface area contributed by atoms with E-state index in [9.17, 15) is 19.2 Å². The number of furan rings is 1. The quantitative estimate of drug-likeness (QED) is 0.228. The first-order chi connectivity index (χ1) is 19.9. The standard InChI is InChI=1S/C29H26N2O9S/c1-4-38-29(35)25-19(17-9-6-5-7-10-17)16-41-27(25)31-24(32)15-40-28(34)18-13-22(36-2)23(37-3)14-20(18)30-26(33)21-11-8-12-39-21/h5-14,16H,4,15H2,1-3H3,(H,30,33)(H,31,32). The number of hydrogen-bond acceptors (Lipinski definition) is 10. The Morgan fingerprint density at radius 1 is 0.878 bits per heavy atom. The van der Waals surface area contributed by atoms with Crippen molar-refractivity contribution in [1.82, 2.24) is 0 Å². The maximum Gasteiger partial charge on any atom is 0.341 e. The first-order valence-electron chi connectivity index (χ1n) is 12.3. The van der Waals surface area contributed by atoms with Gasteiger partial charge in [0.25, 0.3) is 11.8 Å². The lowest BCUT2D eigenvalue weighted by molar-refractivity contribution is -0.119. The summed E-state index contributed by atoms with van der Waals surface area (Å²) in [6.45, 7) is 1.15. The zero-order valence-corrected chi connectivity index (χ0v) is 23.2. The molecule has 0 aliphatic heterocycles. The lowest BCUT2D eigenvalue weighted by Crippen LogP contribution is -2.22. The summed E-state index contributed by atoms with van der Waals surface area (Å²) in [5, 5.41) is 7.19. The lowest BCUT2D eigenvalue weighted by Gasteiger charge is -2.15. The molecule has 0 saturated carbocycles. The van der Waals surface area contributed by atoms with Gasteiger partial charge in [-0.15, -0.1) is 11.3 Å². The molecule has 0 aliphatic carbocycles. The highest BCUT2D eigenvalue weighted by atomic mass is 32.1. The molecule has 0 spiro atoms. The summed E-state index contributed by atoms with van der Waals surface area (Å²) in [6, 6.07) is 14.9. The minimum Gasteiger partial charge on any atom is -0.493 e. The van der Waals surface area contributed by atoms with E-state index in [1.54, 1.807) is 18.4 Å². The minimum absolute atomic E-state index is 0.0155. The molecule has 0 saturated heterocycles. The van der Waals surface area contributed by atoms with Crippen LogP contribution >= 0.6 is 11.3 Å². The van der Waals surface area contributed by atoms with Gasteiger partial charge in [0.15, 0.2) is 23.9 Å². The average molecular weight is 579 g/mol. The van der Waals surface area contributed by atoms with Crippen LogP contribution < -0.4 is 20.1 Å². The smallest absolute Gasteiger partial charge is 0.341 e. The normalized spacial score (nSPS) is 10.4. The van der Waals surface area contributed by atoms with Crippen LogP contribution in [0.1, 0.15) is 38.2 Å². The summed E-state index contributed by atoms with van der Waals surface area (Å²) < 4.78 is 26.1. The van der Waals surface area contributed by atoms with Crippen molar-refractivity contribution >= 4 is 45.8 Å². The van der Waals surface area contributed by atoms with Gasteiger partial charge in [0, 0.05) is 23.1 Å². The third kappa shape index (κ3) is 6.73. The van der Waals surface area contributed by atoms with Crippen LogP contribution in [-0.2, 0) is 14.3 Å². The number of esters is 2. The van der Waals surface area contributed by atoms with E-state index in [2.05, 4.69) is 10.6 Å². The number of benzene rings is 2. The number of amides is 2. The summed E-state index contributed by atoms with van der Waals surface area (Å²) >= 11 is 1.14. The second-order valence-corrected chi connectivity index (χ2v) is 9.13. The monoisotopic (exact) mass is 578 g/mol. The fourth-order valence-electron chi connectivity index (χ4n) is 3.80. The number of carbonyl (C=O) groups excluding carboxylic acids is 4. The molecule has 212 valence electrons. The number of nitrogens with one attached hydrogen (secondary N) is 2. The highest BCUT2D eigenvalue weighted by Crippen LogP contribution is 2.37. The topological polar surface area (TPSA) is 142 Å². The molecule has 0 radical (unpaired) electrons. The number of anilines is 2. The van der Waals surface area contributed by atoms with Gasteiger partial charge in [-0.2, -0.15) is 0 Å². The van der Waals surface area contributed by atoms with Crippen molar-refractivity contribution in [3.05, 3.63) is 83.1 Å². The zero-order chi connectivity index (χ0) is 29.4. The van der Waals surface area contributed by atoms with Crippen LogP contribution in [0.15, 0.2) is 70.7 Å². The van der Waals surface area contributed by atoms with Crippen molar-refractivity contribution in [1.29, 1.82) is 0 Å². The van der Waals surface area contributed by atoms with Gasteiger partial charge in [-0.05, 0) is 24.6 Å². The molecule has 2 N–H and O–H groups in total. The number of methoxy groups -OCH3 is 2. The Bertz CT molecular complexity index is 1550. The van der Waals surface area contributed by atoms with E-state index >= 15 is 0 Å². The van der Waals surface area contributed by atoms with Gasteiger partial charge in [0.1, 0.15) is 10.6 Å². The number of hydrogen-bond donors (Lipinski definition) is 2. The summed E-state index contributed by atoms with van der Waals surface area (Å²) in [4.78, 5) is 51.2. The van der Waals surface area contributed by atoms with Crippen LogP contribution in [0.25, 0.3) is 11.1 Å². The largest absolute Gasteiger partial charge is 0.493 e. The molecule has 2 amide bonds. The van der Waals surface area contributed by atoms with Gasteiger partial charge in [0.2, 0.25) is 0 Å². The van der Waals surface area contributed by atoms with Crippen LogP contribution in [0.4, 0.5) is 10.7 Å². The van der Waals surface area contributed by atoms with Crippen LogP contribution in [0.2, 0.25) is 0 Å². The molecule has 4 aromatic rings. The van der Waals surface area contributed by atoms with Crippen molar-refractivity contribution in [2.45, 2.75) is 6.92 Å². The van der Waals surface area contributed by atoms with Crippen LogP contribution in [0, 0.1) is 0 Å². The molecular weight excluding hydrogens is 552 g/mol. The minimum atomic E-state index is -0.919. The average Bonchev–Trinajstić information content (AvgIpc) is 3.67. The van der Waals surface area contributed by atoms with Gasteiger partial charge >= 0.3 is 11.9 Å². The fraction of sp³-hybridized carbons (Fsp3) is 0.172. The first-order valence-corrected chi connectivity index (χ1v) is 13.2.